The summed E-state index contributed by atoms with van der Waals surface area (Å²) in [4.78, 5) is 0. The van der Waals surface area contributed by atoms with Gasteiger partial charge < -0.3 is 10.1 Å². The van der Waals surface area contributed by atoms with Gasteiger partial charge in [-0.3, -0.25) is 0 Å². The van der Waals surface area contributed by atoms with E-state index in [0.29, 0.717) is 12.1 Å². The summed E-state index contributed by atoms with van der Waals surface area (Å²) in [7, 11) is 0. The highest BCUT2D eigenvalue weighted by atomic mass is 16.5. The molecule has 1 unspecified atom stereocenters. The van der Waals surface area contributed by atoms with Gasteiger partial charge in [0.2, 0.25) is 0 Å². The van der Waals surface area contributed by atoms with E-state index in [0.717, 1.165) is 26.0 Å². The summed E-state index contributed by atoms with van der Waals surface area (Å²) >= 11 is 0. The second-order valence-electron chi connectivity index (χ2n) is 5.15. The third-order valence-electron chi connectivity index (χ3n) is 3.01. The topological polar surface area (TPSA) is 21.3 Å². The molecule has 18 heavy (non-hydrogen) atoms. The quantitative estimate of drug-likeness (QED) is 0.763. The Bertz CT molecular complexity index is 318. The Labute approximate surface area is 112 Å². The van der Waals surface area contributed by atoms with E-state index in [-0.39, 0.29) is 0 Å². The van der Waals surface area contributed by atoms with E-state index in [1.807, 2.05) is 0 Å². The molecule has 1 rings (SSSR count). The zero-order chi connectivity index (χ0) is 13.4. The Kier molecular flexibility index (Phi) is 6.99. The summed E-state index contributed by atoms with van der Waals surface area (Å²) in [5, 5.41) is 3.54. The second-order valence-corrected chi connectivity index (χ2v) is 5.15. The van der Waals surface area contributed by atoms with Gasteiger partial charge in [-0.15, -0.1) is 0 Å². The number of likely N-dealkylation sites (N-methyl/N-ethyl adjacent to an activating group) is 1. The van der Waals surface area contributed by atoms with Crippen molar-refractivity contribution in [2.24, 2.45) is 0 Å². The predicted molar refractivity (Wildman–Crippen MR) is 78.1 cm³/mol. The maximum absolute atomic E-state index is 5.64. The number of ether oxygens (including phenoxy) is 1. The molecule has 0 saturated carbocycles. The van der Waals surface area contributed by atoms with Gasteiger partial charge >= 0.3 is 0 Å². The minimum absolute atomic E-state index is 0.326. The lowest BCUT2D eigenvalue weighted by Crippen LogP contribution is -2.32. The summed E-state index contributed by atoms with van der Waals surface area (Å²) < 4.78 is 5.64. The lowest BCUT2D eigenvalue weighted by atomic mass is 10.0. The van der Waals surface area contributed by atoms with Gasteiger partial charge in [-0.2, -0.15) is 0 Å². The van der Waals surface area contributed by atoms with Crippen LogP contribution >= 0.6 is 0 Å². The lowest BCUT2D eigenvalue weighted by Gasteiger charge is -2.19. The highest BCUT2D eigenvalue weighted by Crippen LogP contribution is 2.08. The second kappa shape index (κ2) is 8.28. The molecule has 0 spiro atoms. The third-order valence-corrected chi connectivity index (χ3v) is 3.01. The molecular weight excluding hydrogens is 222 g/mol. The molecule has 2 heteroatoms. The Morgan fingerprint density at radius 3 is 2.39 bits per heavy atom. The number of hydrogen-bond acceptors (Lipinski definition) is 2. The highest BCUT2D eigenvalue weighted by molar-refractivity contribution is 5.22. The van der Waals surface area contributed by atoms with Crippen LogP contribution in [0, 0.1) is 6.92 Å². The van der Waals surface area contributed by atoms with Crippen molar-refractivity contribution in [3.63, 3.8) is 0 Å². The molecular formula is C16H27NO. The molecule has 1 aromatic carbocycles. The predicted octanol–water partition coefficient (Wildman–Crippen LogP) is 3.33. The summed E-state index contributed by atoms with van der Waals surface area (Å²) in [5.74, 6) is 0. The van der Waals surface area contributed by atoms with E-state index in [9.17, 15) is 0 Å². The molecule has 0 aromatic heterocycles. The maximum Gasteiger partial charge on any atom is 0.0518 e. The van der Waals surface area contributed by atoms with Crippen LogP contribution in [0.4, 0.5) is 0 Å². The zero-order valence-corrected chi connectivity index (χ0v) is 12.2. The monoisotopic (exact) mass is 249 g/mol. The molecule has 1 N–H and O–H groups in total. The summed E-state index contributed by atoms with van der Waals surface area (Å²) in [6.07, 6.45) is 2.47. The van der Waals surface area contributed by atoms with Crippen molar-refractivity contribution < 1.29 is 4.74 Å². The van der Waals surface area contributed by atoms with Crippen LogP contribution in [0.2, 0.25) is 0 Å². The van der Waals surface area contributed by atoms with E-state index in [1.165, 1.54) is 11.1 Å². The van der Waals surface area contributed by atoms with E-state index in [4.69, 9.17) is 4.74 Å². The Balaban J connectivity index is 2.43. The van der Waals surface area contributed by atoms with Crippen molar-refractivity contribution in [2.45, 2.75) is 52.7 Å². The van der Waals surface area contributed by atoms with Crippen LogP contribution < -0.4 is 5.32 Å². The van der Waals surface area contributed by atoms with E-state index >= 15 is 0 Å². The summed E-state index contributed by atoms with van der Waals surface area (Å²) in [6.45, 7) is 10.3. The smallest absolute Gasteiger partial charge is 0.0518 e. The van der Waals surface area contributed by atoms with Gasteiger partial charge in [-0.25, -0.2) is 0 Å². The minimum Gasteiger partial charge on any atom is -0.379 e. The van der Waals surface area contributed by atoms with Crippen LogP contribution in [-0.4, -0.2) is 25.3 Å². The highest BCUT2D eigenvalue weighted by Gasteiger charge is 2.08. The van der Waals surface area contributed by atoms with Gasteiger partial charge in [0.15, 0.2) is 0 Å². The van der Waals surface area contributed by atoms with Crippen LogP contribution in [0.15, 0.2) is 24.3 Å². The Morgan fingerprint density at radius 1 is 1.17 bits per heavy atom. The average molecular weight is 249 g/mol. The van der Waals surface area contributed by atoms with Gasteiger partial charge in [-0.05, 0) is 45.7 Å². The van der Waals surface area contributed by atoms with E-state index < -0.39 is 0 Å². The van der Waals surface area contributed by atoms with Crippen LogP contribution in [0.25, 0.3) is 0 Å². The van der Waals surface area contributed by atoms with Crippen molar-refractivity contribution in [3.05, 3.63) is 35.4 Å². The Morgan fingerprint density at radius 2 is 1.83 bits per heavy atom. The zero-order valence-electron chi connectivity index (χ0n) is 12.2. The molecule has 1 aromatic rings. The molecule has 0 aliphatic heterocycles. The summed E-state index contributed by atoms with van der Waals surface area (Å²) in [6, 6.07) is 9.33. The van der Waals surface area contributed by atoms with Crippen LogP contribution in [0.5, 0.6) is 0 Å². The molecule has 102 valence electrons. The van der Waals surface area contributed by atoms with Gasteiger partial charge in [0, 0.05) is 12.6 Å². The summed E-state index contributed by atoms with van der Waals surface area (Å²) in [5.41, 5.74) is 2.72. The number of hydrogen-bond donors (Lipinski definition) is 1. The lowest BCUT2D eigenvalue weighted by molar-refractivity contribution is 0.0716. The van der Waals surface area contributed by atoms with Gasteiger partial charge in [-0.1, -0.05) is 36.8 Å². The van der Waals surface area contributed by atoms with Crippen molar-refractivity contribution in [1.82, 2.24) is 5.32 Å². The van der Waals surface area contributed by atoms with Crippen molar-refractivity contribution in [2.75, 3.05) is 13.2 Å². The first-order chi connectivity index (χ1) is 8.61. The fraction of sp³-hybridized carbons (Fsp3) is 0.625. The van der Waals surface area contributed by atoms with Crippen LogP contribution in [0.1, 0.15) is 38.3 Å². The maximum atomic E-state index is 5.64. The van der Waals surface area contributed by atoms with Gasteiger partial charge in [0.05, 0.1) is 6.10 Å². The molecule has 0 amide bonds. The molecule has 2 nitrogen and oxygen atoms in total. The first-order valence-electron chi connectivity index (χ1n) is 7.02. The fourth-order valence-electron chi connectivity index (χ4n) is 2.02. The van der Waals surface area contributed by atoms with Crippen molar-refractivity contribution >= 4 is 0 Å². The van der Waals surface area contributed by atoms with Gasteiger partial charge in [0.25, 0.3) is 0 Å². The first kappa shape index (κ1) is 15.2. The number of rotatable bonds is 8. The number of nitrogens with one attached hydrogen (secondary N) is 1. The van der Waals surface area contributed by atoms with Gasteiger partial charge in [0.1, 0.15) is 0 Å². The average Bonchev–Trinajstić information content (AvgIpc) is 2.32. The van der Waals surface area contributed by atoms with E-state index in [2.05, 4.69) is 57.3 Å². The largest absolute Gasteiger partial charge is 0.379 e. The van der Waals surface area contributed by atoms with Crippen molar-refractivity contribution in [1.29, 1.82) is 0 Å². The number of benzene rings is 1. The SMILES string of the molecule is CCNC(CCOC(C)C)Cc1ccc(C)cc1. The molecule has 0 fully saturated rings. The normalized spacial score (nSPS) is 12.9. The molecule has 0 saturated heterocycles. The third kappa shape index (κ3) is 6.18. The molecule has 0 aliphatic rings. The first-order valence-corrected chi connectivity index (χ1v) is 7.02. The molecule has 1 atom stereocenters. The molecule has 0 bridgehead atoms. The molecule has 0 heterocycles. The Hall–Kier alpha value is -0.860. The fourth-order valence-corrected chi connectivity index (χ4v) is 2.02. The van der Waals surface area contributed by atoms with Crippen LogP contribution in [0.3, 0.4) is 0 Å². The van der Waals surface area contributed by atoms with Crippen LogP contribution in [-0.2, 0) is 11.2 Å². The molecule has 0 aliphatic carbocycles. The minimum atomic E-state index is 0.326. The molecule has 0 radical (unpaired) electrons. The van der Waals surface area contributed by atoms with E-state index in [1.54, 1.807) is 0 Å². The number of aryl methyl sites for hydroxylation is 1. The standard InChI is InChI=1S/C16H27NO/c1-5-17-16(10-11-18-13(2)3)12-15-8-6-14(4)7-9-15/h6-9,13,16-17H,5,10-12H2,1-4H3. The van der Waals surface area contributed by atoms with Crippen molar-refractivity contribution in [3.8, 4) is 0 Å².